The first-order valence-corrected chi connectivity index (χ1v) is 8.04. The Labute approximate surface area is 131 Å². The zero-order chi connectivity index (χ0) is 15.5. The molecule has 0 atom stereocenters. The Morgan fingerprint density at radius 2 is 2.05 bits per heavy atom. The molecule has 2 heterocycles. The summed E-state index contributed by atoms with van der Waals surface area (Å²) < 4.78 is 0. The quantitative estimate of drug-likeness (QED) is 0.919. The lowest BCUT2D eigenvalue weighted by molar-refractivity contribution is 0.424. The van der Waals surface area contributed by atoms with Gasteiger partial charge in [-0.05, 0) is 33.8 Å². The van der Waals surface area contributed by atoms with Gasteiger partial charge in [-0.3, -0.25) is 0 Å². The van der Waals surface area contributed by atoms with Crippen LogP contribution in [0.1, 0.15) is 36.9 Å². The summed E-state index contributed by atoms with van der Waals surface area (Å²) in [5.74, 6) is 1.03. The number of aryl methyl sites for hydroxylation is 1. The van der Waals surface area contributed by atoms with Crippen LogP contribution in [0.25, 0.3) is 0 Å². The van der Waals surface area contributed by atoms with Crippen LogP contribution < -0.4 is 10.2 Å². The lowest BCUT2D eigenvalue weighted by Crippen LogP contribution is -2.35. The van der Waals surface area contributed by atoms with Gasteiger partial charge in [0.25, 0.3) is 0 Å². The number of pyridine rings is 1. The average molecular weight is 304 g/mol. The summed E-state index contributed by atoms with van der Waals surface area (Å²) in [6.07, 6.45) is 1.85. The van der Waals surface area contributed by atoms with Crippen LogP contribution in [0, 0.1) is 6.92 Å². The second kappa shape index (κ2) is 6.54. The molecule has 2 aromatic rings. The molecule has 0 saturated heterocycles. The van der Waals surface area contributed by atoms with Gasteiger partial charge in [0.2, 0.25) is 0 Å². The third-order valence-electron chi connectivity index (χ3n) is 3.26. The van der Waals surface area contributed by atoms with E-state index in [2.05, 4.69) is 61.0 Å². The SMILES string of the molecule is Cc1ncsc1CN(C)c1ncccc1CNC(C)(C)C. The molecule has 0 unspecified atom stereocenters. The van der Waals surface area contributed by atoms with Crippen LogP contribution in [-0.2, 0) is 13.1 Å². The second-order valence-corrected chi connectivity index (χ2v) is 7.25. The molecule has 0 aliphatic carbocycles. The van der Waals surface area contributed by atoms with E-state index in [0.29, 0.717) is 0 Å². The molecule has 21 heavy (non-hydrogen) atoms. The Kier molecular flexibility index (Phi) is 4.96. The van der Waals surface area contributed by atoms with E-state index < -0.39 is 0 Å². The van der Waals surface area contributed by atoms with Crippen LogP contribution in [-0.4, -0.2) is 22.6 Å². The van der Waals surface area contributed by atoms with Crippen molar-refractivity contribution in [3.63, 3.8) is 0 Å². The van der Waals surface area contributed by atoms with Gasteiger partial charge in [-0.15, -0.1) is 11.3 Å². The number of hydrogen-bond acceptors (Lipinski definition) is 5. The molecule has 0 spiro atoms. The van der Waals surface area contributed by atoms with Crippen LogP contribution in [0.3, 0.4) is 0 Å². The first kappa shape index (κ1) is 15.9. The predicted molar refractivity (Wildman–Crippen MR) is 89.8 cm³/mol. The van der Waals surface area contributed by atoms with E-state index in [4.69, 9.17) is 0 Å². The summed E-state index contributed by atoms with van der Waals surface area (Å²) in [5.41, 5.74) is 4.33. The van der Waals surface area contributed by atoms with E-state index >= 15 is 0 Å². The highest BCUT2D eigenvalue weighted by molar-refractivity contribution is 7.09. The Morgan fingerprint density at radius 1 is 1.29 bits per heavy atom. The van der Waals surface area contributed by atoms with Crippen molar-refractivity contribution in [1.82, 2.24) is 15.3 Å². The molecule has 2 rings (SSSR count). The van der Waals surface area contributed by atoms with Crippen LogP contribution in [0.4, 0.5) is 5.82 Å². The fourth-order valence-corrected chi connectivity index (χ4v) is 2.87. The first-order chi connectivity index (χ1) is 9.87. The molecule has 0 aliphatic rings. The van der Waals surface area contributed by atoms with E-state index in [0.717, 1.165) is 24.6 Å². The summed E-state index contributed by atoms with van der Waals surface area (Å²) in [7, 11) is 2.09. The van der Waals surface area contributed by atoms with Crippen LogP contribution >= 0.6 is 11.3 Å². The Morgan fingerprint density at radius 3 is 2.67 bits per heavy atom. The number of rotatable bonds is 5. The molecule has 2 aromatic heterocycles. The second-order valence-electron chi connectivity index (χ2n) is 6.31. The lowest BCUT2D eigenvalue weighted by Gasteiger charge is -2.24. The monoisotopic (exact) mass is 304 g/mol. The van der Waals surface area contributed by atoms with Crippen LogP contribution in [0.15, 0.2) is 23.8 Å². The minimum atomic E-state index is 0.0972. The minimum Gasteiger partial charge on any atom is -0.354 e. The molecule has 114 valence electrons. The summed E-state index contributed by atoms with van der Waals surface area (Å²) in [4.78, 5) is 12.4. The van der Waals surface area contributed by atoms with E-state index in [1.165, 1.54) is 10.4 Å². The van der Waals surface area contributed by atoms with Crippen molar-refractivity contribution >= 4 is 17.2 Å². The highest BCUT2D eigenvalue weighted by Gasteiger charge is 2.14. The third kappa shape index (κ3) is 4.51. The summed E-state index contributed by atoms with van der Waals surface area (Å²) in [5, 5.41) is 3.53. The van der Waals surface area contributed by atoms with Gasteiger partial charge in [0.15, 0.2) is 0 Å². The van der Waals surface area contributed by atoms with Crippen molar-refractivity contribution in [2.45, 2.75) is 46.3 Å². The van der Waals surface area contributed by atoms with Crippen LogP contribution in [0.2, 0.25) is 0 Å². The van der Waals surface area contributed by atoms with Gasteiger partial charge in [0.05, 0.1) is 17.7 Å². The van der Waals surface area contributed by atoms with Gasteiger partial charge in [-0.1, -0.05) is 6.07 Å². The molecule has 0 amide bonds. The maximum absolute atomic E-state index is 4.56. The van der Waals surface area contributed by atoms with Crippen molar-refractivity contribution < 1.29 is 0 Å². The summed E-state index contributed by atoms with van der Waals surface area (Å²) in [6.45, 7) is 10.2. The molecule has 0 saturated carbocycles. The largest absolute Gasteiger partial charge is 0.354 e. The van der Waals surface area contributed by atoms with Crippen molar-refractivity contribution in [3.8, 4) is 0 Å². The molecular formula is C16H24N4S. The Hall–Kier alpha value is -1.46. The molecule has 0 aromatic carbocycles. The first-order valence-electron chi connectivity index (χ1n) is 7.16. The average Bonchev–Trinajstić information content (AvgIpc) is 2.81. The van der Waals surface area contributed by atoms with Crippen molar-refractivity contribution in [1.29, 1.82) is 0 Å². The summed E-state index contributed by atoms with van der Waals surface area (Å²) >= 11 is 1.70. The maximum atomic E-state index is 4.56. The fourth-order valence-electron chi connectivity index (χ4n) is 2.04. The van der Waals surface area contributed by atoms with Crippen molar-refractivity contribution in [2.24, 2.45) is 0 Å². The molecule has 0 bridgehead atoms. The van der Waals surface area contributed by atoms with Gasteiger partial charge in [0.1, 0.15) is 5.82 Å². The lowest BCUT2D eigenvalue weighted by atomic mass is 10.1. The number of nitrogens with one attached hydrogen (secondary N) is 1. The number of nitrogens with zero attached hydrogens (tertiary/aromatic N) is 3. The highest BCUT2D eigenvalue weighted by atomic mass is 32.1. The molecule has 0 fully saturated rings. The molecular weight excluding hydrogens is 280 g/mol. The number of anilines is 1. The number of hydrogen-bond donors (Lipinski definition) is 1. The minimum absolute atomic E-state index is 0.0972. The van der Waals surface area contributed by atoms with E-state index in [-0.39, 0.29) is 5.54 Å². The zero-order valence-corrected chi connectivity index (χ0v) is 14.3. The standard InChI is InChI=1S/C16H24N4S/c1-12-14(21-11-18-12)10-20(5)15-13(7-6-8-17-15)9-19-16(2,3)4/h6-8,11,19H,9-10H2,1-5H3. The predicted octanol–water partition coefficient (Wildman–Crippen LogP) is 3.37. The highest BCUT2D eigenvalue weighted by Crippen LogP contribution is 2.21. The third-order valence-corrected chi connectivity index (χ3v) is 4.18. The van der Waals surface area contributed by atoms with Crippen molar-refractivity contribution in [3.05, 3.63) is 40.0 Å². The fraction of sp³-hybridized carbons (Fsp3) is 0.500. The van der Waals surface area contributed by atoms with E-state index in [1.807, 2.05) is 17.8 Å². The Bertz CT molecular complexity index is 586. The van der Waals surface area contributed by atoms with Gasteiger partial charge >= 0.3 is 0 Å². The molecule has 1 N–H and O–H groups in total. The maximum Gasteiger partial charge on any atom is 0.133 e. The van der Waals surface area contributed by atoms with E-state index in [1.54, 1.807) is 11.3 Å². The van der Waals surface area contributed by atoms with Gasteiger partial charge in [0, 0.05) is 35.8 Å². The number of thiazole rings is 1. The Balaban J connectivity index is 2.13. The molecule has 5 heteroatoms. The molecule has 0 radical (unpaired) electrons. The van der Waals surface area contributed by atoms with Crippen LogP contribution in [0.5, 0.6) is 0 Å². The van der Waals surface area contributed by atoms with Gasteiger partial charge in [-0.25, -0.2) is 9.97 Å². The smallest absolute Gasteiger partial charge is 0.133 e. The summed E-state index contributed by atoms with van der Waals surface area (Å²) in [6, 6.07) is 4.13. The zero-order valence-electron chi connectivity index (χ0n) is 13.5. The topological polar surface area (TPSA) is 41.1 Å². The van der Waals surface area contributed by atoms with Gasteiger partial charge in [-0.2, -0.15) is 0 Å². The van der Waals surface area contributed by atoms with Gasteiger partial charge < -0.3 is 10.2 Å². The molecule has 4 nitrogen and oxygen atoms in total. The van der Waals surface area contributed by atoms with E-state index in [9.17, 15) is 0 Å². The normalized spacial score (nSPS) is 11.7. The number of aromatic nitrogens is 2. The van der Waals surface area contributed by atoms with Crippen molar-refractivity contribution in [2.75, 3.05) is 11.9 Å². The molecule has 0 aliphatic heterocycles.